The van der Waals surface area contributed by atoms with Crippen LogP contribution in [0.4, 0.5) is 5.95 Å². The Morgan fingerprint density at radius 2 is 1.88 bits per heavy atom. The third-order valence-corrected chi connectivity index (χ3v) is 4.54. The Morgan fingerprint density at radius 1 is 1.08 bits per heavy atom. The van der Waals surface area contributed by atoms with Gasteiger partial charge in [-0.1, -0.05) is 35.4 Å². The van der Waals surface area contributed by atoms with Crippen molar-refractivity contribution in [3.05, 3.63) is 60.2 Å². The van der Waals surface area contributed by atoms with Crippen molar-refractivity contribution in [1.29, 1.82) is 0 Å². The smallest absolute Gasteiger partial charge is 0.250 e. The Kier molecular flexibility index (Phi) is 4.33. The van der Waals surface area contributed by atoms with Gasteiger partial charge in [0.15, 0.2) is 0 Å². The highest BCUT2D eigenvalue weighted by molar-refractivity contribution is 5.45. The van der Waals surface area contributed by atoms with Gasteiger partial charge >= 0.3 is 0 Å². The van der Waals surface area contributed by atoms with Crippen molar-refractivity contribution in [2.75, 3.05) is 18.1 Å². The number of ether oxygens (including phenoxy) is 1. The second kappa shape index (κ2) is 6.93. The molecule has 6 heteroatoms. The van der Waals surface area contributed by atoms with Gasteiger partial charge in [-0.05, 0) is 60.0 Å². The van der Waals surface area contributed by atoms with Crippen LogP contribution < -0.4 is 9.64 Å². The molecule has 0 N–H and O–H groups in total. The zero-order chi connectivity index (χ0) is 17.1. The molecule has 4 rings (SSSR count). The number of para-hydroxylation sites is 1. The zero-order valence-electron chi connectivity index (χ0n) is 14.2. The summed E-state index contributed by atoms with van der Waals surface area (Å²) in [5.41, 5.74) is 2.24. The van der Waals surface area contributed by atoms with Gasteiger partial charge in [0.2, 0.25) is 0 Å². The van der Waals surface area contributed by atoms with E-state index < -0.39 is 0 Å². The number of benzene rings is 2. The molecule has 0 spiro atoms. The summed E-state index contributed by atoms with van der Waals surface area (Å²) in [6.45, 7) is 3.63. The van der Waals surface area contributed by atoms with Crippen molar-refractivity contribution < 1.29 is 4.74 Å². The van der Waals surface area contributed by atoms with Gasteiger partial charge in [-0.3, -0.25) is 0 Å². The van der Waals surface area contributed by atoms with Crippen LogP contribution in [0.2, 0.25) is 0 Å². The Hall–Kier alpha value is -2.89. The number of aromatic nitrogens is 4. The van der Waals surface area contributed by atoms with E-state index >= 15 is 0 Å². The molecule has 0 saturated carbocycles. The molecule has 1 aliphatic rings. The zero-order valence-corrected chi connectivity index (χ0v) is 14.2. The van der Waals surface area contributed by atoms with Crippen molar-refractivity contribution in [3.63, 3.8) is 0 Å². The number of nitrogens with zero attached hydrogens (tertiary/aromatic N) is 5. The van der Waals surface area contributed by atoms with Gasteiger partial charge in [0.1, 0.15) is 5.75 Å². The molecule has 1 atom stereocenters. The van der Waals surface area contributed by atoms with Crippen molar-refractivity contribution >= 4 is 5.95 Å². The maximum Gasteiger partial charge on any atom is 0.250 e. The van der Waals surface area contributed by atoms with Crippen LogP contribution in [0.3, 0.4) is 0 Å². The fourth-order valence-electron chi connectivity index (χ4n) is 3.40. The third-order valence-electron chi connectivity index (χ3n) is 4.54. The van der Waals surface area contributed by atoms with E-state index in [0.717, 1.165) is 36.8 Å². The predicted molar refractivity (Wildman–Crippen MR) is 96.1 cm³/mol. The van der Waals surface area contributed by atoms with E-state index in [4.69, 9.17) is 4.74 Å². The molecule has 2 aromatic carbocycles. The fourth-order valence-corrected chi connectivity index (χ4v) is 3.40. The number of rotatable bonds is 5. The highest BCUT2D eigenvalue weighted by Gasteiger charge is 2.30. The second-order valence-corrected chi connectivity index (χ2v) is 6.08. The molecule has 0 aliphatic carbocycles. The molecule has 0 amide bonds. The van der Waals surface area contributed by atoms with Crippen LogP contribution in [0.25, 0.3) is 5.69 Å². The maximum absolute atomic E-state index is 5.55. The van der Waals surface area contributed by atoms with E-state index in [1.807, 2.05) is 54.1 Å². The van der Waals surface area contributed by atoms with Gasteiger partial charge in [-0.2, -0.15) is 4.68 Å². The molecule has 128 valence electrons. The molecular formula is C19H21N5O. The lowest BCUT2D eigenvalue weighted by atomic mass is 10.0. The van der Waals surface area contributed by atoms with Crippen LogP contribution >= 0.6 is 0 Å². The molecule has 0 unspecified atom stereocenters. The third kappa shape index (κ3) is 3.07. The molecular weight excluding hydrogens is 314 g/mol. The van der Waals surface area contributed by atoms with Crippen LogP contribution in [-0.2, 0) is 0 Å². The fraction of sp³-hybridized carbons (Fsp3) is 0.316. The van der Waals surface area contributed by atoms with E-state index in [0.29, 0.717) is 6.61 Å². The van der Waals surface area contributed by atoms with Crippen LogP contribution in [0.15, 0.2) is 54.6 Å². The molecule has 0 bridgehead atoms. The van der Waals surface area contributed by atoms with Gasteiger partial charge in [0.05, 0.1) is 18.3 Å². The van der Waals surface area contributed by atoms with E-state index in [1.165, 1.54) is 5.56 Å². The van der Waals surface area contributed by atoms with Crippen molar-refractivity contribution in [3.8, 4) is 11.4 Å². The molecule has 25 heavy (non-hydrogen) atoms. The highest BCUT2D eigenvalue weighted by atomic mass is 16.5. The summed E-state index contributed by atoms with van der Waals surface area (Å²) < 4.78 is 7.36. The van der Waals surface area contributed by atoms with Crippen LogP contribution in [0, 0.1) is 0 Å². The quantitative estimate of drug-likeness (QED) is 0.715. The summed E-state index contributed by atoms with van der Waals surface area (Å²) >= 11 is 0. The molecule has 1 aromatic heterocycles. The first-order valence-electron chi connectivity index (χ1n) is 8.70. The van der Waals surface area contributed by atoms with Gasteiger partial charge in [-0.15, -0.1) is 0 Å². The van der Waals surface area contributed by atoms with Gasteiger partial charge in [0.25, 0.3) is 5.95 Å². The monoisotopic (exact) mass is 335 g/mol. The Balaban J connectivity index is 1.63. The largest absolute Gasteiger partial charge is 0.494 e. The van der Waals surface area contributed by atoms with Crippen molar-refractivity contribution in [2.45, 2.75) is 25.8 Å². The average molecular weight is 335 g/mol. The Bertz CT molecular complexity index is 815. The number of hydrogen-bond acceptors (Lipinski definition) is 5. The van der Waals surface area contributed by atoms with Crippen LogP contribution in [0.5, 0.6) is 5.75 Å². The first kappa shape index (κ1) is 15.6. The molecule has 1 saturated heterocycles. The SMILES string of the molecule is CCOc1ccc([C@H]2CCCN2c2nnnn2-c2ccccc2)cc1. The number of anilines is 1. The van der Waals surface area contributed by atoms with E-state index in [9.17, 15) is 0 Å². The predicted octanol–water partition coefficient (Wildman–Crippen LogP) is 3.40. The van der Waals surface area contributed by atoms with Crippen LogP contribution in [-0.4, -0.2) is 33.4 Å². The maximum atomic E-state index is 5.55. The molecule has 1 aliphatic heterocycles. The van der Waals surface area contributed by atoms with Gasteiger partial charge in [0, 0.05) is 6.54 Å². The molecule has 0 radical (unpaired) electrons. The highest BCUT2D eigenvalue weighted by Crippen LogP contribution is 2.36. The molecule has 1 fully saturated rings. The minimum Gasteiger partial charge on any atom is -0.494 e. The summed E-state index contributed by atoms with van der Waals surface area (Å²) in [7, 11) is 0. The summed E-state index contributed by atoms with van der Waals surface area (Å²) in [4.78, 5) is 2.29. The van der Waals surface area contributed by atoms with Crippen molar-refractivity contribution in [1.82, 2.24) is 20.2 Å². The summed E-state index contributed by atoms with van der Waals surface area (Å²) in [6.07, 6.45) is 2.22. The topological polar surface area (TPSA) is 56.1 Å². The van der Waals surface area contributed by atoms with Gasteiger partial charge < -0.3 is 9.64 Å². The lowest BCUT2D eigenvalue weighted by Gasteiger charge is -2.25. The first-order valence-corrected chi connectivity index (χ1v) is 8.70. The Morgan fingerprint density at radius 3 is 2.64 bits per heavy atom. The average Bonchev–Trinajstić information content (AvgIpc) is 3.32. The van der Waals surface area contributed by atoms with Crippen LogP contribution in [0.1, 0.15) is 31.4 Å². The minimum atomic E-state index is 0.282. The summed E-state index contributed by atoms with van der Waals surface area (Å²) in [5.74, 6) is 1.70. The minimum absolute atomic E-state index is 0.282. The summed E-state index contributed by atoms with van der Waals surface area (Å²) in [6, 6.07) is 18.7. The van der Waals surface area contributed by atoms with Gasteiger partial charge in [-0.25, -0.2) is 0 Å². The van der Waals surface area contributed by atoms with E-state index in [-0.39, 0.29) is 6.04 Å². The summed E-state index contributed by atoms with van der Waals surface area (Å²) in [5, 5.41) is 12.4. The molecule has 6 nitrogen and oxygen atoms in total. The number of hydrogen-bond donors (Lipinski definition) is 0. The standard InChI is InChI=1S/C19H21N5O/c1-2-25-17-12-10-15(11-13-17)18-9-6-14-23(18)19-20-21-22-24(19)16-7-4-3-5-8-16/h3-5,7-8,10-13,18H,2,6,9,14H2,1H3/t18-/m1/s1. The van der Waals surface area contributed by atoms with E-state index in [1.54, 1.807) is 0 Å². The lowest BCUT2D eigenvalue weighted by Crippen LogP contribution is -2.26. The Labute approximate surface area is 147 Å². The van der Waals surface area contributed by atoms with E-state index in [2.05, 4.69) is 32.6 Å². The normalized spacial score (nSPS) is 17.0. The first-order chi connectivity index (χ1) is 12.4. The lowest BCUT2D eigenvalue weighted by molar-refractivity contribution is 0.340. The molecule has 3 aromatic rings. The second-order valence-electron chi connectivity index (χ2n) is 6.08. The number of tetrazole rings is 1. The van der Waals surface area contributed by atoms with Crippen molar-refractivity contribution in [2.24, 2.45) is 0 Å². The molecule has 2 heterocycles.